The van der Waals surface area contributed by atoms with E-state index in [4.69, 9.17) is 16.6 Å². The summed E-state index contributed by atoms with van der Waals surface area (Å²) in [6, 6.07) is 23.8. The third-order valence-electron chi connectivity index (χ3n) is 7.95. The molecule has 41 heavy (non-hydrogen) atoms. The average Bonchev–Trinajstić information content (AvgIpc) is 3.53. The van der Waals surface area contributed by atoms with Crippen molar-refractivity contribution in [3.8, 4) is 0 Å². The lowest BCUT2D eigenvalue weighted by molar-refractivity contribution is -0.666. The summed E-state index contributed by atoms with van der Waals surface area (Å²) < 4.78 is 3.52. The second-order valence-corrected chi connectivity index (χ2v) is 12.9. The molecule has 5 aromatic rings. The van der Waals surface area contributed by atoms with Crippen molar-refractivity contribution in [1.29, 1.82) is 0 Å². The van der Waals surface area contributed by atoms with E-state index in [0.29, 0.717) is 0 Å². The summed E-state index contributed by atoms with van der Waals surface area (Å²) in [5.41, 5.74) is 5.81. The van der Waals surface area contributed by atoms with Crippen molar-refractivity contribution in [3.63, 3.8) is 0 Å². The number of pyridine rings is 1. The van der Waals surface area contributed by atoms with Crippen molar-refractivity contribution < 1.29 is 4.57 Å². The van der Waals surface area contributed by atoms with Gasteiger partial charge < -0.3 is 4.90 Å². The first-order valence-corrected chi connectivity index (χ1v) is 16.3. The molecule has 6 heteroatoms. The Morgan fingerprint density at radius 3 is 2.51 bits per heavy atom. The maximum absolute atomic E-state index is 7.05. The molecule has 0 N–H and O–H groups in total. The van der Waals surface area contributed by atoms with Gasteiger partial charge in [-0.05, 0) is 96.4 Å². The van der Waals surface area contributed by atoms with Crippen LogP contribution in [-0.2, 0) is 6.54 Å². The monoisotopic (exact) mass is 592 g/mol. The van der Waals surface area contributed by atoms with Crippen LogP contribution in [0.3, 0.4) is 0 Å². The van der Waals surface area contributed by atoms with Gasteiger partial charge in [0.25, 0.3) is 0 Å². The van der Waals surface area contributed by atoms with Crippen molar-refractivity contribution in [2.24, 2.45) is 0 Å². The molecular formula is C35H31ClN3S2+. The van der Waals surface area contributed by atoms with Gasteiger partial charge in [-0.3, -0.25) is 0 Å². The molecule has 3 heterocycles. The lowest BCUT2D eigenvalue weighted by Crippen LogP contribution is -2.34. The molecule has 2 aromatic heterocycles. The Bertz CT molecular complexity index is 1950. The first-order valence-electron chi connectivity index (χ1n) is 14.3. The smallest absolute Gasteiger partial charge is 0.335 e. The van der Waals surface area contributed by atoms with Crippen LogP contribution in [-0.4, -0.2) is 11.5 Å². The average molecular weight is 593 g/mol. The molecule has 204 valence electrons. The molecule has 7 rings (SSSR count). The highest BCUT2D eigenvalue weighted by Gasteiger charge is 2.25. The number of nitrogens with zero attached hydrogens (tertiary/aromatic N) is 3. The van der Waals surface area contributed by atoms with Crippen LogP contribution in [0.2, 0.25) is 0 Å². The van der Waals surface area contributed by atoms with Gasteiger partial charge >= 0.3 is 5.65 Å². The van der Waals surface area contributed by atoms with Crippen molar-refractivity contribution in [2.45, 2.75) is 44.6 Å². The van der Waals surface area contributed by atoms with Gasteiger partial charge in [0.05, 0.1) is 17.3 Å². The van der Waals surface area contributed by atoms with E-state index in [-0.39, 0.29) is 0 Å². The molecule has 2 aliphatic rings. The van der Waals surface area contributed by atoms with Crippen LogP contribution in [0.4, 0.5) is 5.69 Å². The Balaban J connectivity index is 1.19. The number of benzene rings is 3. The summed E-state index contributed by atoms with van der Waals surface area (Å²) in [6.45, 7) is 6.21. The van der Waals surface area contributed by atoms with E-state index in [9.17, 15) is 0 Å². The van der Waals surface area contributed by atoms with E-state index < -0.39 is 0 Å². The van der Waals surface area contributed by atoms with E-state index in [2.05, 4.69) is 114 Å². The van der Waals surface area contributed by atoms with Gasteiger partial charge in [0.1, 0.15) is 4.70 Å². The molecule has 0 unspecified atom stereocenters. The van der Waals surface area contributed by atoms with Gasteiger partial charge in [-0.15, -0.1) is 0 Å². The number of aryl methyl sites for hydroxylation is 1. The van der Waals surface area contributed by atoms with Crippen molar-refractivity contribution in [1.82, 2.24) is 4.98 Å². The molecular weight excluding hydrogens is 562 g/mol. The van der Waals surface area contributed by atoms with Gasteiger partial charge in [-0.1, -0.05) is 89.3 Å². The molecule has 0 amide bonds. The van der Waals surface area contributed by atoms with Crippen LogP contribution < -0.4 is 9.47 Å². The molecule has 0 saturated heterocycles. The fraction of sp³-hybridized carbons (Fsp3) is 0.200. The number of halogens is 1. The fourth-order valence-electron chi connectivity index (χ4n) is 5.85. The number of para-hydroxylation sites is 1. The summed E-state index contributed by atoms with van der Waals surface area (Å²) in [6.07, 6.45) is 12.1. The van der Waals surface area contributed by atoms with Gasteiger partial charge in [-0.2, -0.15) is 0 Å². The quantitative estimate of drug-likeness (QED) is 0.189. The molecule has 3 aromatic carbocycles. The standard InChI is InChI=1S/C35H31ClN3S2/c1-3-38-29-20-25-10-5-6-11-26(25)21-30(29)40-32(38)18-16-23-13-9-14-24(34(23)36)17-19-33-39(4-2)35-31(41-33)22-27-12-7-8-15-28(27)37-35/h5-8,10-12,15-22H,3-4,9,13-14H2,1-2H3/q+1. The first-order chi connectivity index (χ1) is 20.1. The normalized spacial score (nSPS) is 17.8. The minimum Gasteiger partial charge on any atom is -0.335 e. The number of fused-ring (bicyclic) bond motifs is 4. The lowest BCUT2D eigenvalue weighted by atomic mass is 9.94. The Hall–Kier alpha value is -3.38. The maximum Gasteiger partial charge on any atom is 0.342 e. The molecule has 3 nitrogen and oxygen atoms in total. The number of hydrogen-bond donors (Lipinski definition) is 0. The zero-order valence-electron chi connectivity index (χ0n) is 23.2. The number of thiazole rings is 1. The molecule has 0 bridgehead atoms. The Morgan fingerprint density at radius 2 is 1.71 bits per heavy atom. The van der Waals surface area contributed by atoms with Crippen LogP contribution in [0.5, 0.6) is 0 Å². The highest BCUT2D eigenvalue weighted by Crippen LogP contribution is 2.47. The summed E-state index contributed by atoms with van der Waals surface area (Å²) in [5.74, 6) is 0. The van der Waals surface area contributed by atoms with Crippen LogP contribution >= 0.6 is 34.7 Å². The number of aromatic nitrogens is 2. The summed E-state index contributed by atoms with van der Waals surface area (Å²) >= 11 is 10.7. The van der Waals surface area contributed by atoms with Crippen LogP contribution in [0, 0.1) is 0 Å². The third kappa shape index (κ3) is 4.90. The van der Waals surface area contributed by atoms with E-state index in [1.165, 1.54) is 52.6 Å². The van der Waals surface area contributed by atoms with E-state index in [1.807, 2.05) is 11.8 Å². The van der Waals surface area contributed by atoms with Crippen molar-refractivity contribution >= 4 is 78.5 Å². The second-order valence-electron chi connectivity index (χ2n) is 10.4. The zero-order chi connectivity index (χ0) is 27.9. The minimum absolute atomic E-state index is 0.875. The largest absolute Gasteiger partial charge is 0.342 e. The SMILES string of the molecule is CCN1C(=CC=C2CCCC(C=Cc3sc4cc5ccccc5nc4[n+]3CC)=C2Cl)Sc2cc3ccccc3cc21. The van der Waals surface area contributed by atoms with Crippen LogP contribution in [0.25, 0.3) is 38.1 Å². The minimum atomic E-state index is 0.875. The van der Waals surface area contributed by atoms with E-state index >= 15 is 0 Å². The highest BCUT2D eigenvalue weighted by atomic mass is 35.5. The fourth-order valence-corrected chi connectivity index (χ4v) is 8.44. The number of rotatable bonds is 5. The number of hydrogen-bond acceptors (Lipinski definition) is 4. The maximum atomic E-state index is 7.05. The van der Waals surface area contributed by atoms with Crippen LogP contribution in [0.1, 0.15) is 38.1 Å². The first kappa shape index (κ1) is 26.5. The predicted octanol–water partition coefficient (Wildman–Crippen LogP) is 10.0. The molecule has 0 fully saturated rings. The van der Waals surface area contributed by atoms with E-state index in [0.717, 1.165) is 48.5 Å². The molecule has 0 atom stereocenters. The topological polar surface area (TPSA) is 20.0 Å². The second kappa shape index (κ2) is 11.1. The Labute approximate surface area is 254 Å². The molecule has 1 aliphatic heterocycles. The molecule has 1 aliphatic carbocycles. The van der Waals surface area contributed by atoms with Gasteiger partial charge in [0, 0.05) is 21.9 Å². The number of anilines is 1. The highest BCUT2D eigenvalue weighted by molar-refractivity contribution is 8.03. The van der Waals surface area contributed by atoms with Gasteiger partial charge in [-0.25, -0.2) is 4.57 Å². The molecule has 0 spiro atoms. The summed E-state index contributed by atoms with van der Waals surface area (Å²) in [7, 11) is 0. The number of thioether (sulfide) groups is 1. The zero-order valence-corrected chi connectivity index (χ0v) is 25.6. The van der Waals surface area contributed by atoms with E-state index in [1.54, 1.807) is 11.3 Å². The molecule has 0 radical (unpaired) electrons. The van der Waals surface area contributed by atoms with Gasteiger partial charge in [0.2, 0.25) is 0 Å². The van der Waals surface area contributed by atoms with Crippen molar-refractivity contribution in [2.75, 3.05) is 11.4 Å². The third-order valence-corrected chi connectivity index (χ3v) is 10.6. The predicted molar refractivity (Wildman–Crippen MR) is 178 cm³/mol. The molecule has 0 saturated carbocycles. The Kier molecular flexibility index (Phi) is 7.20. The lowest BCUT2D eigenvalue weighted by Gasteiger charge is -2.19. The van der Waals surface area contributed by atoms with Crippen LogP contribution in [0.15, 0.2) is 111 Å². The summed E-state index contributed by atoms with van der Waals surface area (Å²) in [5, 5.41) is 7.10. The summed E-state index contributed by atoms with van der Waals surface area (Å²) in [4.78, 5) is 8.71. The van der Waals surface area contributed by atoms with Crippen molar-refractivity contribution in [3.05, 3.63) is 111 Å². The number of allylic oxidation sites excluding steroid dienone is 6. The van der Waals surface area contributed by atoms with Gasteiger partial charge in [0.15, 0.2) is 10.5 Å². The Morgan fingerprint density at radius 1 is 0.927 bits per heavy atom.